The van der Waals surface area contributed by atoms with Gasteiger partial charge in [-0.1, -0.05) is 13.8 Å². The highest BCUT2D eigenvalue weighted by atomic mass is 32.1. The van der Waals surface area contributed by atoms with Gasteiger partial charge in [0.1, 0.15) is 10.7 Å². The molecule has 1 aromatic carbocycles. The fourth-order valence-corrected chi connectivity index (χ4v) is 4.26. The summed E-state index contributed by atoms with van der Waals surface area (Å²) in [5.74, 6) is 1.59. The van der Waals surface area contributed by atoms with Gasteiger partial charge in [-0.05, 0) is 24.1 Å². The summed E-state index contributed by atoms with van der Waals surface area (Å²) in [6.07, 6.45) is 0. The molecule has 1 aliphatic rings. The third kappa shape index (κ3) is 5.26. The van der Waals surface area contributed by atoms with Crippen molar-refractivity contribution >= 4 is 17.2 Å². The number of ether oxygens (including phenoxy) is 3. The molecule has 0 saturated carbocycles. The molecule has 2 heterocycles. The van der Waals surface area contributed by atoms with Crippen LogP contribution >= 0.6 is 11.3 Å². The Labute approximate surface area is 176 Å². The van der Waals surface area contributed by atoms with Gasteiger partial charge in [0.15, 0.2) is 11.5 Å². The van der Waals surface area contributed by atoms with Crippen molar-refractivity contribution in [2.45, 2.75) is 19.9 Å². The highest BCUT2D eigenvalue weighted by Gasteiger charge is 2.24. The normalized spacial score (nSPS) is 15.9. The van der Waals surface area contributed by atoms with Crippen molar-refractivity contribution < 1.29 is 19.0 Å². The molecule has 0 spiro atoms. The van der Waals surface area contributed by atoms with E-state index < -0.39 is 0 Å². The molecule has 0 aliphatic carbocycles. The van der Waals surface area contributed by atoms with E-state index in [-0.39, 0.29) is 11.9 Å². The number of amides is 1. The minimum absolute atomic E-state index is 0.146. The Kier molecular flexibility index (Phi) is 7.46. The van der Waals surface area contributed by atoms with Crippen LogP contribution in [-0.2, 0) is 4.74 Å². The molecule has 1 aliphatic heterocycles. The van der Waals surface area contributed by atoms with E-state index in [4.69, 9.17) is 14.2 Å². The molecular weight excluding hydrogens is 390 g/mol. The minimum Gasteiger partial charge on any atom is -0.493 e. The Morgan fingerprint density at radius 1 is 1.24 bits per heavy atom. The van der Waals surface area contributed by atoms with Crippen LogP contribution in [0.5, 0.6) is 11.5 Å². The van der Waals surface area contributed by atoms with Crippen molar-refractivity contribution in [3.8, 4) is 22.1 Å². The number of hydrogen-bond acceptors (Lipinski definition) is 7. The van der Waals surface area contributed by atoms with E-state index in [9.17, 15) is 4.79 Å². The summed E-state index contributed by atoms with van der Waals surface area (Å²) in [4.78, 5) is 19.6. The van der Waals surface area contributed by atoms with Crippen molar-refractivity contribution in [3.05, 3.63) is 29.3 Å². The lowest BCUT2D eigenvalue weighted by Crippen LogP contribution is -2.51. The highest BCUT2D eigenvalue weighted by Crippen LogP contribution is 2.33. The average Bonchev–Trinajstić information content (AvgIpc) is 3.24. The van der Waals surface area contributed by atoms with Crippen LogP contribution in [0.3, 0.4) is 0 Å². The molecule has 158 valence electrons. The third-order valence-corrected chi connectivity index (χ3v) is 6.01. The highest BCUT2D eigenvalue weighted by molar-refractivity contribution is 7.13. The molecule has 3 rings (SSSR count). The molecule has 1 N–H and O–H groups in total. The summed E-state index contributed by atoms with van der Waals surface area (Å²) in [7, 11) is 3.20. The second-order valence-electron chi connectivity index (χ2n) is 7.28. The van der Waals surface area contributed by atoms with Gasteiger partial charge in [0, 0.05) is 36.6 Å². The zero-order valence-electron chi connectivity index (χ0n) is 17.4. The first-order chi connectivity index (χ1) is 14.0. The van der Waals surface area contributed by atoms with E-state index >= 15 is 0 Å². The Hall–Kier alpha value is -2.16. The van der Waals surface area contributed by atoms with E-state index in [0.29, 0.717) is 29.7 Å². The van der Waals surface area contributed by atoms with Crippen LogP contribution in [0.25, 0.3) is 10.6 Å². The van der Waals surface area contributed by atoms with Gasteiger partial charge in [-0.25, -0.2) is 4.98 Å². The molecule has 29 heavy (non-hydrogen) atoms. The van der Waals surface area contributed by atoms with Gasteiger partial charge in [0.05, 0.1) is 27.4 Å². The number of carbonyl (C=O) groups is 1. The summed E-state index contributed by atoms with van der Waals surface area (Å²) in [6.45, 7) is 8.27. The standard InChI is InChI=1S/C21H29N3O4S/c1-14(2)17(24-7-9-28-10-8-24)12-22-20(25)16-13-29-21(23-16)15-5-6-18(26-3)19(11-15)27-4/h5-6,11,13-14,17H,7-10,12H2,1-4H3,(H,22,25)/t17-/m0/s1. The van der Waals surface area contributed by atoms with Crippen molar-refractivity contribution in [3.63, 3.8) is 0 Å². The van der Waals surface area contributed by atoms with Crippen molar-refractivity contribution in [2.75, 3.05) is 47.1 Å². The summed E-state index contributed by atoms with van der Waals surface area (Å²) >= 11 is 1.44. The molecule has 1 fully saturated rings. The first-order valence-corrected chi connectivity index (χ1v) is 10.7. The average molecular weight is 420 g/mol. The predicted octanol–water partition coefficient (Wildman–Crippen LogP) is 2.91. The van der Waals surface area contributed by atoms with Crippen LogP contribution in [0.2, 0.25) is 0 Å². The second-order valence-corrected chi connectivity index (χ2v) is 8.14. The van der Waals surface area contributed by atoms with Gasteiger partial charge in [0.25, 0.3) is 5.91 Å². The van der Waals surface area contributed by atoms with Crippen LogP contribution in [0.15, 0.2) is 23.6 Å². The van der Waals surface area contributed by atoms with E-state index in [2.05, 4.69) is 29.0 Å². The second kappa shape index (κ2) is 10.0. The smallest absolute Gasteiger partial charge is 0.270 e. The summed E-state index contributed by atoms with van der Waals surface area (Å²) in [5, 5.41) is 5.62. The quantitative estimate of drug-likeness (QED) is 0.709. The first kappa shape index (κ1) is 21.5. The zero-order valence-corrected chi connectivity index (χ0v) is 18.3. The van der Waals surface area contributed by atoms with E-state index in [1.807, 2.05) is 18.2 Å². The number of methoxy groups -OCH3 is 2. The van der Waals surface area contributed by atoms with E-state index in [0.717, 1.165) is 36.9 Å². The maximum Gasteiger partial charge on any atom is 0.270 e. The molecule has 7 nitrogen and oxygen atoms in total. The predicted molar refractivity (Wildman–Crippen MR) is 114 cm³/mol. The lowest BCUT2D eigenvalue weighted by atomic mass is 10.0. The number of morpholine rings is 1. The van der Waals surface area contributed by atoms with Crippen LogP contribution in [-0.4, -0.2) is 68.9 Å². The third-order valence-electron chi connectivity index (χ3n) is 5.12. The summed E-state index contributed by atoms with van der Waals surface area (Å²) in [6, 6.07) is 5.90. The zero-order chi connectivity index (χ0) is 20.8. The molecule has 0 bridgehead atoms. The lowest BCUT2D eigenvalue weighted by molar-refractivity contribution is 0.00671. The molecule has 0 unspecified atom stereocenters. The number of thiazole rings is 1. The fraction of sp³-hybridized carbons (Fsp3) is 0.524. The Bertz CT molecular complexity index is 818. The SMILES string of the molecule is COc1ccc(-c2nc(C(=O)NC[C@@H](C(C)C)N3CCOCC3)cs2)cc1OC. The maximum atomic E-state index is 12.7. The molecule has 8 heteroatoms. The van der Waals surface area contributed by atoms with Gasteiger partial charge in [-0.2, -0.15) is 0 Å². The first-order valence-electron chi connectivity index (χ1n) is 9.81. The topological polar surface area (TPSA) is 72.9 Å². The van der Waals surface area contributed by atoms with E-state index in [1.54, 1.807) is 19.6 Å². The molecule has 1 amide bonds. The lowest BCUT2D eigenvalue weighted by Gasteiger charge is -2.36. The van der Waals surface area contributed by atoms with Crippen LogP contribution < -0.4 is 14.8 Å². The number of rotatable bonds is 8. The number of nitrogens with one attached hydrogen (secondary N) is 1. The van der Waals surface area contributed by atoms with Gasteiger partial charge in [-0.3, -0.25) is 9.69 Å². The molecular formula is C21H29N3O4S. The van der Waals surface area contributed by atoms with Crippen molar-refractivity contribution in [1.29, 1.82) is 0 Å². The Morgan fingerprint density at radius 2 is 1.97 bits per heavy atom. The minimum atomic E-state index is -0.146. The monoisotopic (exact) mass is 419 g/mol. The number of nitrogens with zero attached hydrogens (tertiary/aromatic N) is 2. The number of aromatic nitrogens is 1. The van der Waals surface area contributed by atoms with Gasteiger partial charge in [0.2, 0.25) is 0 Å². The van der Waals surface area contributed by atoms with Crippen LogP contribution in [0.4, 0.5) is 0 Å². The van der Waals surface area contributed by atoms with Crippen molar-refractivity contribution in [2.24, 2.45) is 5.92 Å². The number of carbonyl (C=O) groups excluding carboxylic acids is 1. The van der Waals surface area contributed by atoms with Crippen LogP contribution in [0, 0.1) is 5.92 Å². The summed E-state index contributed by atoms with van der Waals surface area (Å²) in [5.41, 5.74) is 1.32. The molecule has 2 aromatic rings. The fourth-order valence-electron chi connectivity index (χ4n) is 3.46. The number of hydrogen-bond donors (Lipinski definition) is 1. The van der Waals surface area contributed by atoms with Gasteiger partial charge < -0.3 is 19.5 Å². The molecule has 1 saturated heterocycles. The largest absolute Gasteiger partial charge is 0.493 e. The Morgan fingerprint density at radius 3 is 2.62 bits per heavy atom. The van der Waals surface area contributed by atoms with Crippen LogP contribution in [0.1, 0.15) is 24.3 Å². The molecule has 1 aromatic heterocycles. The van der Waals surface area contributed by atoms with E-state index in [1.165, 1.54) is 11.3 Å². The number of benzene rings is 1. The Balaban J connectivity index is 1.66. The van der Waals surface area contributed by atoms with Crippen molar-refractivity contribution in [1.82, 2.24) is 15.2 Å². The molecule has 1 atom stereocenters. The summed E-state index contributed by atoms with van der Waals surface area (Å²) < 4.78 is 16.1. The molecule has 0 radical (unpaired) electrons. The maximum absolute atomic E-state index is 12.7. The van der Waals surface area contributed by atoms with Gasteiger partial charge in [-0.15, -0.1) is 11.3 Å². The van der Waals surface area contributed by atoms with Gasteiger partial charge >= 0.3 is 0 Å².